The Morgan fingerprint density at radius 1 is 1.14 bits per heavy atom. The second-order valence-electron chi connectivity index (χ2n) is 4.33. The summed E-state index contributed by atoms with van der Waals surface area (Å²) in [7, 11) is 1.29. The van der Waals surface area contributed by atoms with Crippen LogP contribution in [0.3, 0.4) is 0 Å². The van der Waals surface area contributed by atoms with Crippen molar-refractivity contribution in [1.82, 2.24) is 0 Å². The van der Waals surface area contributed by atoms with E-state index in [2.05, 4.69) is 32.6 Å². The maximum absolute atomic E-state index is 11.9. The Morgan fingerprint density at radius 2 is 1.91 bits per heavy atom. The number of hydrogen-bond acceptors (Lipinski definition) is 4. The molecule has 0 unspecified atom stereocenters. The minimum atomic E-state index is -0.505. The molecular formula is C16H14INO4. The van der Waals surface area contributed by atoms with Crippen molar-refractivity contribution in [2.24, 2.45) is 0 Å². The molecule has 2 rings (SSSR count). The van der Waals surface area contributed by atoms with Crippen LogP contribution in [0, 0.1) is 3.57 Å². The second kappa shape index (κ2) is 7.79. The molecule has 0 aromatic heterocycles. The fourth-order valence-electron chi connectivity index (χ4n) is 1.77. The summed E-state index contributed by atoms with van der Waals surface area (Å²) >= 11 is 2.16. The predicted molar refractivity (Wildman–Crippen MR) is 91.1 cm³/mol. The molecule has 0 spiro atoms. The monoisotopic (exact) mass is 411 g/mol. The molecule has 0 saturated heterocycles. The number of ether oxygens (including phenoxy) is 2. The first kappa shape index (κ1) is 16.3. The molecule has 2 aromatic rings. The number of esters is 1. The zero-order valence-corrected chi connectivity index (χ0v) is 14.0. The van der Waals surface area contributed by atoms with E-state index in [0.717, 1.165) is 3.57 Å². The van der Waals surface area contributed by atoms with E-state index in [1.54, 1.807) is 30.3 Å². The van der Waals surface area contributed by atoms with Gasteiger partial charge in [0.2, 0.25) is 0 Å². The van der Waals surface area contributed by atoms with Gasteiger partial charge in [0.05, 0.1) is 18.4 Å². The number of methoxy groups -OCH3 is 1. The van der Waals surface area contributed by atoms with Gasteiger partial charge in [-0.25, -0.2) is 4.79 Å². The third kappa shape index (κ3) is 4.45. The first-order valence-electron chi connectivity index (χ1n) is 6.45. The summed E-state index contributed by atoms with van der Waals surface area (Å²) < 4.78 is 11.1. The Morgan fingerprint density at radius 3 is 2.64 bits per heavy atom. The van der Waals surface area contributed by atoms with E-state index in [9.17, 15) is 9.59 Å². The van der Waals surface area contributed by atoms with Crippen molar-refractivity contribution < 1.29 is 19.1 Å². The number of nitrogens with one attached hydrogen (secondary N) is 1. The Labute approximate surface area is 141 Å². The van der Waals surface area contributed by atoms with E-state index in [1.165, 1.54) is 7.11 Å². The van der Waals surface area contributed by atoms with Gasteiger partial charge in [0, 0.05) is 3.57 Å². The van der Waals surface area contributed by atoms with E-state index in [4.69, 9.17) is 4.74 Å². The Hall–Kier alpha value is -2.09. The number of anilines is 1. The Kier molecular flexibility index (Phi) is 5.76. The smallest absolute Gasteiger partial charge is 0.339 e. The van der Waals surface area contributed by atoms with Crippen LogP contribution < -0.4 is 10.1 Å². The van der Waals surface area contributed by atoms with Crippen molar-refractivity contribution in [3.63, 3.8) is 0 Å². The van der Waals surface area contributed by atoms with Crippen LogP contribution >= 0.6 is 22.6 Å². The van der Waals surface area contributed by atoms with Crippen LogP contribution in [0.5, 0.6) is 5.75 Å². The van der Waals surface area contributed by atoms with Crippen LogP contribution in [0.15, 0.2) is 48.5 Å². The van der Waals surface area contributed by atoms with Crippen molar-refractivity contribution in [3.8, 4) is 5.75 Å². The largest absolute Gasteiger partial charge is 0.484 e. The van der Waals surface area contributed by atoms with Crippen LogP contribution in [-0.2, 0) is 9.53 Å². The van der Waals surface area contributed by atoms with Crippen LogP contribution in [0.2, 0.25) is 0 Å². The molecule has 1 amide bonds. The molecule has 1 N–H and O–H groups in total. The van der Waals surface area contributed by atoms with Crippen molar-refractivity contribution in [2.45, 2.75) is 0 Å². The molecular weight excluding hydrogens is 397 g/mol. The summed E-state index contributed by atoms with van der Waals surface area (Å²) in [5.41, 5.74) is 0.693. The topological polar surface area (TPSA) is 64.6 Å². The first-order valence-corrected chi connectivity index (χ1v) is 7.53. The van der Waals surface area contributed by atoms with Gasteiger partial charge in [-0.2, -0.15) is 0 Å². The van der Waals surface area contributed by atoms with Gasteiger partial charge >= 0.3 is 5.97 Å². The molecule has 6 heteroatoms. The maximum Gasteiger partial charge on any atom is 0.339 e. The lowest BCUT2D eigenvalue weighted by Gasteiger charge is -2.10. The minimum absolute atomic E-state index is 0.143. The van der Waals surface area contributed by atoms with Crippen molar-refractivity contribution >= 4 is 40.2 Å². The Bertz CT molecular complexity index is 687. The van der Waals surface area contributed by atoms with Gasteiger partial charge in [-0.1, -0.05) is 18.2 Å². The molecule has 5 nitrogen and oxygen atoms in total. The average molecular weight is 411 g/mol. The molecule has 0 saturated carbocycles. The van der Waals surface area contributed by atoms with E-state index in [1.807, 2.05) is 18.2 Å². The molecule has 22 heavy (non-hydrogen) atoms. The second-order valence-corrected chi connectivity index (χ2v) is 5.58. The lowest BCUT2D eigenvalue weighted by molar-refractivity contribution is -0.118. The molecule has 114 valence electrons. The third-order valence-electron chi connectivity index (χ3n) is 2.77. The van der Waals surface area contributed by atoms with E-state index in [0.29, 0.717) is 17.0 Å². The van der Waals surface area contributed by atoms with E-state index < -0.39 is 5.97 Å². The minimum Gasteiger partial charge on any atom is -0.484 e. The molecule has 0 fully saturated rings. The maximum atomic E-state index is 11.9. The molecule has 0 atom stereocenters. The fraction of sp³-hybridized carbons (Fsp3) is 0.125. The van der Waals surface area contributed by atoms with Crippen LogP contribution in [0.25, 0.3) is 0 Å². The predicted octanol–water partition coefficient (Wildman–Crippen LogP) is 3.10. The fourth-order valence-corrected chi connectivity index (χ4v) is 2.29. The van der Waals surface area contributed by atoms with Crippen LogP contribution in [-0.4, -0.2) is 25.6 Å². The number of carbonyl (C=O) groups excluding carboxylic acids is 2. The van der Waals surface area contributed by atoms with Gasteiger partial charge in [-0.15, -0.1) is 0 Å². The molecule has 0 aliphatic carbocycles. The standard InChI is InChI=1S/C16H14INO4/c1-21-16(20)13-7-2-3-8-14(13)18-15(19)10-22-12-6-4-5-11(17)9-12/h2-9H,10H2,1H3,(H,18,19). The van der Waals surface area contributed by atoms with Gasteiger partial charge in [0.25, 0.3) is 5.91 Å². The number of benzene rings is 2. The summed E-state index contributed by atoms with van der Waals surface area (Å²) in [5, 5.41) is 2.64. The highest BCUT2D eigenvalue weighted by molar-refractivity contribution is 14.1. The summed E-state index contributed by atoms with van der Waals surface area (Å²) in [6, 6.07) is 14.0. The summed E-state index contributed by atoms with van der Waals surface area (Å²) in [6.07, 6.45) is 0. The van der Waals surface area contributed by atoms with Gasteiger partial charge in [-0.05, 0) is 52.9 Å². The van der Waals surface area contributed by atoms with E-state index >= 15 is 0 Å². The average Bonchev–Trinajstić information content (AvgIpc) is 2.53. The van der Waals surface area contributed by atoms with Crippen molar-refractivity contribution in [3.05, 3.63) is 57.7 Å². The lowest BCUT2D eigenvalue weighted by Crippen LogP contribution is -2.21. The normalized spacial score (nSPS) is 9.91. The number of amides is 1. The van der Waals surface area contributed by atoms with Gasteiger partial charge < -0.3 is 14.8 Å². The number of para-hydroxylation sites is 1. The molecule has 0 aliphatic heterocycles. The first-order chi connectivity index (χ1) is 10.6. The van der Waals surface area contributed by atoms with Crippen LogP contribution in [0.1, 0.15) is 10.4 Å². The highest BCUT2D eigenvalue weighted by atomic mass is 127. The lowest BCUT2D eigenvalue weighted by atomic mass is 10.2. The molecule has 0 radical (unpaired) electrons. The number of halogens is 1. The zero-order chi connectivity index (χ0) is 15.9. The van der Waals surface area contributed by atoms with Crippen molar-refractivity contribution in [1.29, 1.82) is 0 Å². The highest BCUT2D eigenvalue weighted by Crippen LogP contribution is 2.17. The number of rotatable bonds is 5. The zero-order valence-electron chi connectivity index (χ0n) is 11.8. The quantitative estimate of drug-likeness (QED) is 0.607. The third-order valence-corrected chi connectivity index (χ3v) is 3.44. The Balaban J connectivity index is 1.99. The molecule has 0 aliphatic rings. The molecule has 2 aromatic carbocycles. The SMILES string of the molecule is COC(=O)c1ccccc1NC(=O)COc1cccc(I)c1. The van der Waals surface area contributed by atoms with E-state index in [-0.39, 0.29) is 12.5 Å². The number of hydrogen-bond donors (Lipinski definition) is 1. The van der Waals surface area contributed by atoms with Gasteiger partial charge in [0.15, 0.2) is 6.61 Å². The van der Waals surface area contributed by atoms with Crippen molar-refractivity contribution in [2.75, 3.05) is 19.0 Å². The molecule has 0 bridgehead atoms. The summed E-state index contributed by atoms with van der Waals surface area (Å²) in [6.45, 7) is -0.143. The summed E-state index contributed by atoms with van der Waals surface area (Å²) in [4.78, 5) is 23.6. The molecule has 0 heterocycles. The van der Waals surface area contributed by atoms with Gasteiger partial charge in [0.1, 0.15) is 5.75 Å². The highest BCUT2D eigenvalue weighted by Gasteiger charge is 2.13. The van der Waals surface area contributed by atoms with Gasteiger partial charge in [-0.3, -0.25) is 4.79 Å². The number of carbonyl (C=O) groups is 2. The summed E-state index contributed by atoms with van der Waals surface area (Å²) in [5.74, 6) is -0.243. The van der Waals surface area contributed by atoms with Crippen LogP contribution in [0.4, 0.5) is 5.69 Å².